The molecule has 0 radical (unpaired) electrons. The normalized spacial score (nSPS) is 26.0. The molecule has 1 heterocycles. The van der Waals surface area contributed by atoms with E-state index in [9.17, 15) is 8.42 Å². The molecule has 1 fully saturated rings. The van der Waals surface area contributed by atoms with Crippen LogP contribution in [0.25, 0.3) is 0 Å². The van der Waals surface area contributed by atoms with Gasteiger partial charge in [0.2, 0.25) is 10.0 Å². The highest BCUT2D eigenvalue weighted by Crippen LogP contribution is 2.20. The summed E-state index contributed by atoms with van der Waals surface area (Å²) in [7, 11) is -1.53. The monoisotopic (exact) mass is 264 g/mol. The van der Waals surface area contributed by atoms with Crippen LogP contribution in [0.4, 0.5) is 0 Å². The van der Waals surface area contributed by atoms with Crippen molar-refractivity contribution in [2.45, 2.75) is 45.4 Å². The van der Waals surface area contributed by atoms with Crippen LogP contribution in [0.1, 0.15) is 27.2 Å². The maximum absolute atomic E-state index is 12.1. The zero-order valence-electron chi connectivity index (χ0n) is 11.1. The number of sulfonamides is 1. The summed E-state index contributed by atoms with van der Waals surface area (Å²) in [5.74, 6) is 0.144. The Balaban J connectivity index is 2.51. The predicted molar refractivity (Wildman–Crippen MR) is 68.5 cm³/mol. The SMILES string of the molecule is CC(C)NCCS(=O)(=O)N(C)C1CCOC1C. The molecule has 102 valence electrons. The second kappa shape index (κ2) is 6.13. The number of hydrogen-bond acceptors (Lipinski definition) is 4. The highest BCUT2D eigenvalue weighted by atomic mass is 32.2. The van der Waals surface area contributed by atoms with Gasteiger partial charge in [0.1, 0.15) is 0 Å². The second-order valence-corrected chi connectivity index (χ2v) is 7.02. The molecular weight excluding hydrogens is 240 g/mol. The number of likely N-dealkylation sites (N-methyl/N-ethyl adjacent to an activating group) is 1. The van der Waals surface area contributed by atoms with E-state index in [1.165, 1.54) is 4.31 Å². The summed E-state index contributed by atoms with van der Waals surface area (Å²) >= 11 is 0. The van der Waals surface area contributed by atoms with Gasteiger partial charge < -0.3 is 10.1 Å². The van der Waals surface area contributed by atoms with E-state index in [0.717, 1.165) is 6.42 Å². The second-order valence-electron chi connectivity index (χ2n) is 4.87. The first-order valence-electron chi connectivity index (χ1n) is 6.15. The van der Waals surface area contributed by atoms with Crippen molar-refractivity contribution >= 4 is 10.0 Å². The Labute approximate surface area is 105 Å². The van der Waals surface area contributed by atoms with Gasteiger partial charge in [0.05, 0.1) is 17.9 Å². The molecule has 0 aliphatic carbocycles. The van der Waals surface area contributed by atoms with Crippen molar-refractivity contribution in [1.29, 1.82) is 0 Å². The lowest BCUT2D eigenvalue weighted by Gasteiger charge is -2.26. The Bertz CT molecular complexity index is 330. The standard InChI is InChI=1S/C11H24N2O3S/c1-9(2)12-6-8-17(14,15)13(4)11-5-7-16-10(11)3/h9-12H,5-8H2,1-4H3. The number of ether oxygens (including phenoxy) is 1. The Morgan fingerprint density at radius 3 is 2.59 bits per heavy atom. The summed E-state index contributed by atoms with van der Waals surface area (Å²) in [5, 5.41) is 3.12. The molecule has 1 aliphatic heterocycles. The third-order valence-electron chi connectivity index (χ3n) is 3.15. The molecule has 17 heavy (non-hydrogen) atoms. The molecule has 1 saturated heterocycles. The topological polar surface area (TPSA) is 58.6 Å². The van der Waals surface area contributed by atoms with Crippen LogP contribution in [0, 0.1) is 0 Å². The van der Waals surface area contributed by atoms with Crippen LogP contribution in [0.3, 0.4) is 0 Å². The van der Waals surface area contributed by atoms with E-state index in [2.05, 4.69) is 5.32 Å². The van der Waals surface area contributed by atoms with Gasteiger partial charge in [-0.25, -0.2) is 8.42 Å². The molecule has 0 bridgehead atoms. The van der Waals surface area contributed by atoms with E-state index in [1.807, 2.05) is 20.8 Å². The fraction of sp³-hybridized carbons (Fsp3) is 1.00. The molecule has 0 saturated carbocycles. The van der Waals surface area contributed by atoms with Crippen LogP contribution in [0.5, 0.6) is 0 Å². The van der Waals surface area contributed by atoms with Crippen LogP contribution in [0.2, 0.25) is 0 Å². The summed E-state index contributed by atoms with van der Waals surface area (Å²) in [6.07, 6.45) is 0.780. The van der Waals surface area contributed by atoms with E-state index in [4.69, 9.17) is 4.74 Å². The van der Waals surface area contributed by atoms with Crippen molar-refractivity contribution < 1.29 is 13.2 Å². The Morgan fingerprint density at radius 1 is 1.47 bits per heavy atom. The Hall–Kier alpha value is -0.170. The number of nitrogens with one attached hydrogen (secondary N) is 1. The number of hydrogen-bond donors (Lipinski definition) is 1. The molecule has 2 unspecified atom stereocenters. The molecule has 1 rings (SSSR count). The highest BCUT2D eigenvalue weighted by molar-refractivity contribution is 7.89. The van der Waals surface area contributed by atoms with Gasteiger partial charge in [-0.1, -0.05) is 13.8 Å². The first-order valence-corrected chi connectivity index (χ1v) is 7.76. The largest absolute Gasteiger partial charge is 0.377 e. The van der Waals surface area contributed by atoms with Crippen LogP contribution >= 0.6 is 0 Å². The number of nitrogens with zero attached hydrogens (tertiary/aromatic N) is 1. The van der Waals surface area contributed by atoms with E-state index in [-0.39, 0.29) is 17.9 Å². The van der Waals surface area contributed by atoms with Crippen molar-refractivity contribution in [3.05, 3.63) is 0 Å². The smallest absolute Gasteiger partial charge is 0.215 e. The molecule has 0 amide bonds. The summed E-state index contributed by atoms with van der Waals surface area (Å²) in [4.78, 5) is 0. The van der Waals surface area contributed by atoms with Gasteiger partial charge in [-0.05, 0) is 13.3 Å². The lowest BCUT2D eigenvalue weighted by atomic mass is 10.2. The van der Waals surface area contributed by atoms with E-state index >= 15 is 0 Å². The highest BCUT2D eigenvalue weighted by Gasteiger charge is 2.33. The van der Waals surface area contributed by atoms with Gasteiger partial charge in [0.25, 0.3) is 0 Å². The molecule has 2 atom stereocenters. The minimum absolute atomic E-state index is 0.00664. The fourth-order valence-electron chi connectivity index (χ4n) is 2.02. The van der Waals surface area contributed by atoms with Gasteiger partial charge in [-0.2, -0.15) is 4.31 Å². The van der Waals surface area contributed by atoms with Crippen LogP contribution < -0.4 is 5.32 Å². The Kier molecular flexibility index (Phi) is 5.37. The molecule has 0 spiro atoms. The zero-order valence-corrected chi connectivity index (χ0v) is 12.0. The van der Waals surface area contributed by atoms with Gasteiger partial charge in [0, 0.05) is 26.2 Å². The minimum atomic E-state index is -3.18. The average molecular weight is 264 g/mol. The molecule has 1 N–H and O–H groups in total. The average Bonchev–Trinajstić information content (AvgIpc) is 2.62. The van der Waals surface area contributed by atoms with Crippen molar-refractivity contribution in [2.75, 3.05) is 26.0 Å². The minimum Gasteiger partial charge on any atom is -0.377 e. The summed E-state index contributed by atoms with van der Waals surface area (Å²) in [6.45, 7) is 7.07. The maximum atomic E-state index is 12.1. The zero-order chi connectivity index (χ0) is 13.1. The van der Waals surface area contributed by atoms with Crippen molar-refractivity contribution in [2.24, 2.45) is 0 Å². The van der Waals surface area contributed by atoms with Gasteiger partial charge in [-0.15, -0.1) is 0 Å². The summed E-state index contributed by atoms with van der Waals surface area (Å²) in [6, 6.07) is 0.295. The van der Waals surface area contributed by atoms with E-state index < -0.39 is 10.0 Å². The third kappa shape index (κ3) is 4.21. The maximum Gasteiger partial charge on any atom is 0.215 e. The van der Waals surface area contributed by atoms with Crippen molar-refractivity contribution in [3.8, 4) is 0 Å². The van der Waals surface area contributed by atoms with Crippen LogP contribution in [-0.2, 0) is 14.8 Å². The summed E-state index contributed by atoms with van der Waals surface area (Å²) < 4.78 is 31.0. The van der Waals surface area contributed by atoms with Gasteiger partial charge in [-0.3, -0.25) is 0 Å². The van der Waals surface area contributed by atoms with Crippen molar-refractivity contribution in [3.63, 3.8) is 0 Å². The molecular formula is C11H24N2O3S. The molecule has 0 aromatic heterocycles. The molecule has 1 aliphatic rings. The van der Waals surface area contributed by atoms with Gasteiger partial charge >= 0.3 is 0 Å². The lowest BCUT2D eigenvalue weighted by Crippen LogP contribution is -2.44. The molecule has 6 heteroatoms. The number of rotatable bonds is 6. The van der Waals surface area contributed by atoms with Crippen molar-refractivity contribution in [1.82, 2.24) is 9.62 Å². The molecule has 0 aromatic carbocycles. The van der Waals surface area contributed by atoms with E-state index in [0.29, 0.717) is 19.2 Å². The lowest BCUT2D eigenvalue weighted by molar-refractivity contribution is 0.102. The first-order chi connectivity index (χ1) is 7.84. The summed E-state index contributed by atoms with van der Waals surface area (Å²) in [5.41, 5.74) is 0. The Morgan fingerprint density at radius 2 is 2.12 bits per heavy atom. The van der Waals surface area contributed by atoms with Gasteiger partial charge in [0.15, 0.2) is 0 Å². The fourth-order valence-corrected chi connectivity index (χ4v) is 3.38. The van der Waals surface area contributed by atoms with Crippen LogP contribution in [-0.4, -0.2) is 56.9 Å². The van der Waals surface area contributed by atoms with Crippen LogP contribution in [0.15, 0.2) is 0 Å². The molecule has 0 aromatic rings. The first kappa shape index (κ1) is 14.9. The predicted octanol–water partition coefficient (Wildman–Crippen LogP) is 0.423. The third-order valence-corrected chi connectivity index (χ3v) is 5.02. The molecule has 5 nitrogen and oxygen atoms in total. The quantitative estimate of drug-likeness (QED) is 0.755. The van der Waals surface area contributed by atoms with E-state index in [1.54, 1.807) is 7.05 Å².